The van der Waals surface area contributed by atoms with Crippen LogP contribution in [-0.4, -0.2) is 31.1 Å². The molecule has 0 radical (unpaired) electrons. The van der Waals surface area contributed by atoms with Gasteiger partial charge >= 0.3 is 0 Å². The number of hydrogen-bond donors (Lipinski definition) is 1. The van der Waals surface area contributed by atoms with Crippen molar-refractivity contribution in [3.05, 3.63) is 34.9 Å². The Morgan fingerprint density at radius 1 is 1.31 bits per heavy atom. The lowest BCUT2D eigenvalue weighted by Gasteiger charge is -2.33. The Bertz CT molecular complexity index is 325. The van der Waals surface area contributed by atoms with Crippen LogP contribution in [0.4, 0.5) is 0 Å². The van der Waals surface area contributed by atoms with E-state index in [9.17, 15) is 0 Å². The number of benzene rings is 1. The fourth-order valence-corrected chi connectivity index (χ4v) is 2.25. The molecule has 0 saturated carbocycles. The van der Waals surface area contributed by atoms with Gasteiger partial charge in [0.2, 0.25) is 0 Å². The van der Waals surface area contributed by atoms with Crippen molar-refractivity contribution in [2.24, 2.45) is 0 Å². The van der Waals surface area contributed by atoms with Crippen molar-refractivity contribution in [2.45, 2.75) is 13.0 Å². The summed E-state index contributed by atoms with van der Waals surface area (Å²) in [5, 5.41) is 4.19. The molecule has 0 aromatic heterocycles. The lowest BCUT2D eigenvalue weighted by molar-refractivity contribution is 0.185. The molecule has 0 spiro atoms. The molecule has 1 unspecified atom stereocenters. The topological polar surface area (TPSA) is 15.3 Å². The third-order valence-electron chi connectivity index (χ3n) is 3.03. The van der Waals surface area contributed by atoms with Crippen LogP contribution in [0.2, 0.25) is 5.02 Å². The van der Waals surface area contributed by atoms with Gasteiger partial charge in [0.25, 0.3) is 0 Å². The van der Waals surface area contributed by atoms with Crippen molar-refractivity contribution >= 4 is 24.0 Å². The predicted octanol–water partition coefficient (Wildman–Crippen LogP) is 2.73. The number of hydrogen-bond acceptors (Lipinski definition) is 2. The Hall–Kier alpha value is -0.280. The smallest absolute Gasteiger partial charge is 0.0409 e. The molecule has 1 aliphatic heterocycles. The second-order valence-corrected chi connectivity index (χ2v) is 4.45. The van der Waals surface area contributed by atoms with Gasteiger partial charge in [0.1, 0.15) is 0 Å². The van der Waals surface area contributed by atoms with Gasteiger partial charge in [-0.15, -0.1) is 12.4 Å². The monoisotopic (exact) mass is 260 g/mol. The summed E-state index contributed by atoms with van der Waals surface area (Å²) in [7, 11) is 0. The summed E-state index contributed by atoms with van der Waals surface area (Å²) in [6, 6.07) is 8.63. The summed E-state index contributed by atoms with van der Waals surface area (Å²) in [6.45, 7) is 6.66. The number of piperazine rings is 1. The van der Waals surface area contributed by atoms with E-state index in [2.05, 4.69) is 29.3 Å². The molecule has 1 saturated heterocycles. The van der Waals surface area contributed by atoms with Crippen LogP contribution in [0.1, 0.15) is 18.5 Å². The van der Waals surface area contributed by atoms with Crippen molar-refractivity contribution in [1.29, 1.82) is 0 Å². The molecule has 90 valence electrons. The molecule has 1 aliphatic rings. The zero-order chi connectivity index (χ0) is 10.7. The van der Waals surface area contributed by atoms with Gasteiger partial charge in [-0.2, -0.15) is 0 Å². The van der Waals surface area contributed by atoms with Crippen LogP contribution in [0.15, 0.2) is 24.3 Å². The standard InChI is InChI=1S/C12H17ClN2.ClH/c1-10(15-7-5-14-6-8-15)11-3-2-4-12(13)9-11;/h2-4,9-10,14H,5-8H2,1H3;1H. The highest BCUT2D eigenvalue weighted by molar-refractivity contribution is 6.30. The van der Waals surface area contributed by atoms with E-state index in [1.165, 1.54) is 5.56 Å². The second-order valence-electron chi connectivity index (χ2n) is 4.02. The van der Waals surface area contributed by atoms with Crippen molar-refractivity contribution in [1.82, 2.24) is 10.2 Å². The molecule has 1 heterocycles. The normalized spacial score (nSPS) is 18.9. The van der Waals surface area contributed by atoms with Gasteiger partial charge in [-0.05, 0) is 24.6 Å². The highest BCUT2D eigenvalue weighted by Crippen LogP contribution is 2.22. The van der Waals surface area contributed by atoms with Gasteiger partial charge in [0, 0.05) is 37.2 Å². The Kier molecular flexibility index (Phi) is 5.56. The van der Waals surface area contributed by atoms with Crippen LogP contribution in [0.5, 0.6) is 0 Å². The largest absolute Gasteiger partial charge is 0.314 e. The van der Waals surface area contributed by atoms with Crippen LogP contribution in [0.3, 0.4) is 0 Å². The lowest BCUT2D eigenvalue weighted by Crippen LogP contribution is -2.44. The first-order valence-electron chi connectivity index (χ1n) is 5.47. The van der Waals surface area contributed by atoms with E-state index in [1.807, 2.05) is 12.1 Å². The number of nitrogens with one attached hydrogen (secondary N) is 1. The van der Waals surface area contributed by atoms with Crippen LogP contribution in [0.25, 0.3) is 0 Å². The highest BCUT2D eigenvalue weighted by Gasteiger charge is 2.17. The SMILES string of the molecule is CC(c1cccc(Cl)c1)N1CCNCC1.Cl. The molecule has 1 atom stereocenters. The summed E-state index contributed by atoms with van der Waals surface area (Å²) in [4.78, 5) is 2.49. The molecule has 1 N–H and O–H groups in total. The van der Waals surface area contributed by atoms with Crippen LogP contribution >= 0.6 is 24.0 Å². The summed E-state index contributed by atoms with van der Waals surface area (Å²) in [5.74, 6) is 0. The van der Waals surface area contributed by atoms with Crippen molar-refractivity contribution in [3.63, 3.8) is 0 Å². The van der Waals surface area contributed by atoms with Crippen LogP contribution in [-0.2, 0) is 0 Å². The predicted molar refractivity (Wildman–Crippen MR) is 71.6 cm³/mol. The van der Waals surface area contributed by atoms with Gasteiger partial charge < -0.3 is 5.32 Å². The summed E-state index contributed by atoms with van der Waals surface area (Å²) in [6.07, 6.45) is 0. The Morgan fingerprint density at radius 2 is 2.00 bits per heavy atom. The molecule has 1 fully saturated rings. The molecular formula is C12H18Cl2N2. The minimum absolute atomic E-state index is 0. The maximum absolute atomic E-state index is 6.00. The van der Waals surface area contributed by atoms with E-state index >= 15 is 0 Å². The van der Waals surface area contributed by atoms with Crippen LogP contribution < -0.4 is 5.32 Å². The van der Waals surface area contributed by atoms with Gasteiger partial charge in [-0.25, -0.2) is 0 Å². The molecule has 1 aromatic carbocycles. The van der Waals surface area contributed by atoms with E-state index in [1.54, 1.807) is 0 Å². The second kappa shape index (κ2) is 6.45. The highest BCUT2D eigenvalue weighted by atomic mass is 35.5. The van der Waals surface area contributed by atoms with Gasteiger partial charge in [-0.1, -0.05) is 23.7 Å². The number of halogens is 2. The Balaban J connectivity index is 0.00000128. The van der Waals surface area contributed by atoms with Crippen molar-refractivity contribution in [3.8, 4) is 0 Å². The fraction of sp³-hybridized carbons (Fsp3) is 0.500. The first-order chi connectivity index (χ1) is 7.27. The molecule has 16 heavy (non-hydrogen) atoms. The molecule has 4 heteroatoms. The maximum Gasteiger partial charge on any atom is 0.0409 e. The number of nitrogens with zero attached hydrogens (tertiary/aromatic N) is 1. The summed E-state index contributed by atoms with van der Waals surface area (Å²) in [5.41, 5.74) is 1.31. The lowest BCUT2D eigenvalue weighted by atomic mass is 10.1. The molecule has 0 bridgehead atoms. The Labute approximate surface area is 108 Å². The summed E-state index contributed by atoms with van der Waals surface area (Å²) >= 11 is 6.00. The van der Waals surface area contributed by atoms with E-state index in [-0.39, 0.29) is 12.4 Å². The Morgan fingerprint density at radius 3 is 2.62 bits per heavy atom. The van der Waals surface area contributed by atoms with E-state index in [0.717, 1.165) is 31.2 Å². The minimum Gasteiger partial charge on any atom is -0.314 e. The zero-order valence-electron chi connectivity index (χ0n) is 9.45. The first kappa shape index (κ1) is 13.8. The van der Waals surface area contributed by atoms with E-state index in [0.29, 0.717) is 6.04 Å². The zero-order valence-corrected chi connectivity index (χ0v) is 11.0. The van der Waals surface area contributed by atoms with E-state index < -0.39 is 0 Å². The molecule has 0 amide bonds. The third kappa shape index (κ3) is 3.36. The maximum atomic E-state index is 6.00. The van der Waals surface area contributed by atoms with Gasteiger partial charge in [-0.3, -0.25) is 4.90 Å². The third-order valence-corrected chi connectivity index (χ3v) is 3.27. The van der Waals surface area contributed by atoms with Gasteiger partial charge in [0.05, 0.1) is 0 Å². The van der Waals surface area contributed by atoms with E-state index in [4.69, 9.17) is 11.6 Å². The quantitative estimate of drug-likeness (QED) is 0.880. The molecule has 1 aromatic rings. The average Bonchev–Trinajstić information content (AvgIpc) is 2.29. The first-order valence-corrected chi connectivity index (χ1v) is 5.85. The van der Waals surface area contributed by atoms with Crippen LogP contribution in [0, 0.1) is 0 Å². The molecule has 0 aliphatic carbocycles. The molecule has 2 rings (SSSR count). The van der Waals surface area contributed by atoms with Crippen molar-refractivity contribution < 1.29 is 0 Å². The number of rotatable bonds is 2. The molecule has 2 nitrogen and oxygen atoms in total. The average molecular weight is 261 g/mol. The fourth-order valence-electron chi connectivity index (χ4n) is 2.05. The van der Waals surface area contributed by atoms with Crippen molar-refractivity contribution in [2.75, 3.05) is 26.2 Å². The summed E-state index contributed by atoms with van der Waals surface area (Å²) < 4.78 is 0. The van der Waals surface area contributed by atoms with Gasteiger partial charge in [0.15, 0.2) is 0 Å². The minimum atomic E-state index is 0. The molecular weight excluding hydrogens is 243 g/mol.